The minimum atomic E-state index is 0.554. The molecular weight excluding hydrogens is 244 g/mol. The summed E-state index contributed by atoms with van der Waals surface area (Å²) in [5, 5.41) is 11.9. The van der Waals surface area contributed by atoms with Gasteiger partial charge in [-0.15, -0.1) is 11.3 Å². The Morgan fingerprint density at radius 1 is 1.17 bits per heavy atom. The number of thiazole rings is 1. The lowest BCUT2D eigenvalue weighted by atomic mass is 10.3. The van der Waals surface area contributed by atoms with E-state index in [9.17, 15) is 0 Å². The summed E-state index contributed by atoms with van der Waals surface area (Å²) >= 11 is 1.60. The highest BCUT2D eigenvalue weighted by atomic mass is 32.1. The molecule has 2 aromatic heterocycles. The van der Waals surface area contributed by atoms with E-state index in [4.69, 9.17) is 5.26 Å². The first kappa shape index (κ1) is 10.7. The number of pyridine rings is 1. The van der Waals surface area contributed by atoms with Crippen molar-refractivity contribution in [3.05, 3.63) is 47.6 Å². The molecule has 86 valence electrons. The maximum absolute atomic E-state index is 8.70. The Labute approximate surface area is 108 Å². The van der Waals surface area contributed by atoms with E-state index in [-0.39, 0.29) is 0 Å². The Morgan fingerprint density at radius 3 is 2.89 bits per heavy atom. The third-order valence-electron chi connectivity index (χ3n) is 2.50. The Balaban J connectivity index is 1.88. The van der Waals surface area contributed by atoms with Gasteiger partial charge in [-0.25, -0.2) is 9.97 Å². The molecule has 0 radical (unpaired) electrons. The summed E-state index contributed by atoms with van der Waals surface area (Å²) in [6, 6.07) is 11.5. The number of rotatable bonds is 2. The molecule has 0 unspecified atom stereocenters. The average molecular weight is 252 g/mol. The van der Waals surface area contributed by atoms with Gasteiger partial charge in [-0.3, -0.25) is 0 Å². The predicted molar refractivity (Wildman–Crippen MR) is 71.9 cm³/mol. The molecule has 0 bridgehead atoms. The average Bonchev–Trinajstić information content (AvgIpc) is 2.87. The molecule has 3 aromatic rings. The molecule has 0 fully saturated rings. The number of nitriles is 1. The molecule has 0 aliphatic heterocycles. The molecule has 0 saturated heterocycles. The van der Waals surface area contributed by atoms with Crippen LogP contribution >= 0.6 is 11.3 Å². The van der Waals surface area contributed by atoms with Gasteiger partial charge >= 0.3 is 0 Å². The number of nitrogens with one attached hydrogen (secondary N) is 1. The van der Waals surface area contributed by atoms with Crippen LogP contribution in [0.4, 0.5) is 11.5 Å². The van der Waals surface area contributed by atoms with Crippen molar-refractivity contribution in [1.29, 1.82) is 5.26 Å². The minimum absolute atomic E-state index is 0.554. The molecule has 5 heteroatoms. The van der Waals surface area contributed by atoms with Gasteiger partial charge in [-0.2, -0.15) is 5.26 Å². The van der Waals surface area contributed by atoms with Crippen LogP contribution in [-0.4, -0.2) is 9.97 Å². The molecule has 0 atom stereocenters. The van der Waals surface area contributed by atoms with E-state index < -0.39 is 0 Å². The fourth-order valence-electron chi connectivity index (χ4n) is 1.61. The van der Waals surface area contributed by atoms with Crippen molar-refractivity contribution < 1.29 is 0 Å². The lowest BCUT2D eigenvalue weighted by Gasteiger charge is -2.04. The fraction of sp³-hybridized carbons (Fsp3) is 0. The van der Waals surface area contributed by atoms with Crippen LogP contribution in [0.15, 0.2) is 42.0 Å². The molecule has 1 aromatic carbocycles. The SMILES string of the molecule is N#Cc1ccc(Nc2ccc3ncsc3c2)nc1. The third kappa shape index (κ3) is 2.01. The van der Waals surface area contributed by atoms with Crippen LogP contribution < -0.4 is 5.32 Å². The second-order valence-corrected chi connectivity index (χ2v) is 4.59. The molecule has 0 aliphatic carbocycles. The number of aromatic nitrogens is 2. The second kappa shape index (κ2) is 4.43. The van der Waals surface area contributed by atoms with E-state index in [0.717, 1.165) is 21.7 Å². The first-order chi connectivity index (χ1) is 8.85. The number of anilines is 2. The van der Waals surface area contributed by atoms with Crippen LogP contribution in [0.5, 0.6) is 0 Å². The molecule has 0 saturated carbocycles. The summed E-state index contributed by atoms with van der Waals surface area (Å²) < 4.78 is 1.13. The zero-order valence-electron chi connectivity index (χ0n) is 9.29. The Bertz CT molecular complexity index is 725. The van der Waals surface area contributed by atoms with E-state index >= 15 is 0 Å². The summed E-state index contributed by atoms with van der Waals surface area (Å²) in [6.07, 6.45) is 1.55. The Kier molecular flexibility index (Phi) is 2.63. The lowest BCUT2D eigenvalue weighted by molar-refractivity contribution is 1.29. The van der Waals surface area contributed by atoms with Gasteiger partial charge in [0.25, 0.3) is 0 Å². The van der Waals surface area contributed by atoms with E-state index in [0.29, 0.717) is 5.56 Å². The monoisotopic (exact) mass is 252 g/mol. The van der Waals surface area contributed by atoms with Crippen molar-refractivity contribution in [1.82, 2.24) is 9.97 Å². The zero-order chi connectivity index (χ0) is 12.4. The standard InChI is InChI=1S/C13H8N4S/c14-6-9-1-4-13(15-7-9)17-10-2-3-11-12(5-10)18-8-16-11/h1-5,7-8H,(H,15,17). The van der Waals surface area contributed by atoms with E-state index in [1.165, 1.54) is 0 Å². The maximum atomic E-state index is 8.70. The van der Waals surface area contributed by atoms with Crippen molar-refractivity contribution in [2.75, 3.05) is 5.32 Å². The van der Waals surface area contributed by atoms with Crippen molar-refractivity contribution in [3.63, 3.8) is 0 Å². The topological polar surface area (TPSA) is 61.6 Å². The van der Waals surface area contributed by atoms with Crippen LogP contribution in [0.1, 0.15) is 5.56 Å². The van der Waals surface area contributed by atoms with Crippen molar-refractivity contribution >= 4 is 33.1 Å². The molecule has 0 amide bonds. The first-order valence-electron chi connectivity index (χ1n) is 5.31. The van der Waals surface area contributed by atoms with Gasteiger partial charge < -0.3 is 5.32 Å². The summed E-state index contributed by atoms with van der Waals surface area (Å²) in [5.74, 6) is 0.720. The molecular formula is C13H8N4S. The van der Waals surface area contributed by atoms with Gasteiger partial charge in [0.2, 0.25) is 0 Å². The molecule has 18 heavy (non-hydrogen) atoms. The maximum Gasteiger partial charge on any atom is 0.130 e. The fourth-order valence-corrected chi connectivity index (χ4v) is 2.33. The summed E-state index contributed by atoms with van der Waals surface area (Å²) in [7, 11) is 0. The van der Waals surface area contributed by atoms with Gasteiger partial charge in [0.1, 0.15) is 11.9 Å². The zero-order valence-corrected chi connectivity index (χ0v) is 10.1. The summed E-state index contributed by atoms with van der Waals surface area (Å²) in [6.45, 7) is 0. The minimum Gasteiger partial charge on any atom is -0.340 e. The van der Waals surface area contributed by atoms with E-state index in [2.05, 4.69) is 15.3 Å². The van der Waals surface area contributed by atoms with Gasteiger partial charge in [0.15, 0.2) is 0 Å². The summed E-state index contributed by atoms with van der Waals surface area (Å²) in [4.78, 5) is 8.40. The predicted octanol–water partition coefficient (Wildman–Crippen LogP) is 3.31. The molecule has 0 aliphatic rings. The number of nitrogens with zero attached hydrogens (tertiary/aromatic N) is 3. The van der Waals surface area contributed by atoms with Crippen LogP contribution in [0, 0.1) is 11.3 Å². The highest BCUT2D eigenvalue weighted by Crippen LogP contribution is 2.23. The largest absolute Gasteiger partial charge is 0.340 e. The number of fused-ring (bicyclic) bond motifs is 1. The van der Waals surface area contributed by atoms with Gasteiger partial charge in [0.05, 0.1) is 21.3 Å². The van der Waals surface area contributed by atoms with Gasteiger partial charge in [-0.1, -0.05) is 0 Å². The summed E-state index contributed by atoms with van der Waals surface area (Å²) in [5.41, 5.74) is 4.34. The molecule has 3 rings (SSSR count). The van der Waals surface area contributed by atoms with Crippen molar-refractivity contribution in [2.24, 2.45) is 0 Å². The second-order valence-electron chi connectivity index (χ2n) is 3.70. The highest BCUT2D eigenvalue weighted by molar-refractivity contribution is 7.16. The third-order valence-corrected chi connectivity index (χ3v) is 3.29. The first-order valence-corrected chi connectivity index (χ1v) is 6.19. The van der Waals surface area contributed by atoms with Crippen molar-refractivity contribution in [2.45, 2.75) is 0 Å². The Hall–Kier alpha value is -2.45. The van der Waals surface area contributed by atoms with Gasteiger partial charge in [-0.05, 0) is 30.3 Å². The quantitative estimate of drug-likeness (QED) is 0.760. The van der Waals surface area contributed by atoms with Crippen molar-refractivity contribution in [3.8, 4) is 6.07 Å². The smallest absolute Gasteiger partial charge is 0.130 e. The van der Waals surface area contributed by atoms with Crippen LogP contribution in [0.3, 0.4) is 0 Å². The van der Waals surface area contributed by atoms with Crippen LogP contribution in [0.2, 0.25) is 0 Å². The molecule has 0 spiro atoms. The van der Waals surface area contributed by atoms with E-state index in [1.807, 2.05) is 29.8 Å². The number of benzene rings is 1. The van der Waals surface area contributed by atoms with Crippen LogP contribution in [-0.2, 0) is 0 Å². The number of hydrogen-bond acceptors (Lipinski definition) is 5. The van der Waals surface area contributed by atoms with Gasteiger partial charge in [0, 0.05) is 11.9 Å². The normalized spacial score (nSPS) is 10.2. The molecule has 4 nitrogen and oxygen atoms in total. The van der Waals surface area contributed by atoms with Crippen LogP contribution in [0.25, 0.3) is 10.2 Å². The Morgan fingerprint density at radius 2 is 2.11 bits per heavy atom. The molecule has 2 heterocycles. The lowest BCUT2D eigenvalue weighted by Crippen LogP contribution is -1.93. The number of hydrogen-bond donors (Lipinski definition) is 1. The highest BCUT2D eigenvalue weighted by Gasteiger charge is 2.00. The molecule has 1 N–H and O–H groups in total. The van der Waals surface area contributed by atoms with E-state index in [1.54, 1.807) is 29.7 Å².